The second-order valence-electron chi connectivity index (χ2n) is 4.60. The Morgan fingerprint density at radius 2 is 2.11 bits per heavy atom. The van der Waals surface area contributed by atoms with Gasteiger partial charge in [-0.15, -0.1) is 0 Å². The SMILES string of the molecule is CCC(CN)CNCc1ccc2[nH]c(=O)[nH]c2c1. The van der Waals surface area contributed by atoms with Crippen LogP contribution in [0.2, 0.25) is 0 Å². The molecule has 1 unspecified atom stereocenters. The van der Waals surface area contributed by atoms with Crippen LogP contribution in [0.5, 0.6) is 0 Å². The Hall–Kier alpha value is -1.59. The number of H-pyrrole nitrogens is 2. The molecular formula is C13H20N4O. The summed E-state index contributed by atoms with van der Waals surface area (Å²) in [7, 11) is 0. The smallest absolute Gasteiger partial charge is 0.323 e. The Kier molecular flexibility index (Phi) is 4.17. The van der Waals surface area contributed by atoms with Gasteiger partial charge in [0.2, 0.25) is 0 Å². The normalized spacial score (nSPS) is 13.0. The first-order valence-corrected chi connectivity index (χ1v) is 6.34. The lowest BCUT2D eigenvalue weighted by atomic mass is 10.1. The molecule has 2 aromatic rings. The van der Waals surface area contributed by atoms with Crippen LogP contribution in [0.15, 0.2) is 23.0 Å². The van der Waals surface area contributed by atoms with E-state index in [1.54, 1.807) is 0 Å². The maximum Gasteiger partial charge on any atom is 0.323 e. The van der Waals surface area contributed by atoms with E-state index < -0.39 is 0 Å². The third-order valence-electron chi connectivity index (χ3n) is 3.25. The summed E-state index contributed by atoms with van der Waals surface area (Å²) in [5.41, 5.74) is 8.35. The van der Waals surface area contributed by atoms with Crippen molar-refractivity contribution < 1.29 is 0 Å². The summed E-state index contributed by atoms with van der Waals surface area (Å²) in [5.74, 6) is 0.529. The molecule has 1 aromatic carbocycles. The lowest BCUT2D eigenvalue weighted by Gasteiger charge is -2.13. The van der Waals surface area contributed by atoms with Gasteiger partial charge < -0.3 is 21.0 Å². The minimum Gasteiger partial charge on any atom is -0.330 e. The van der Waals surface area contributed by atoms with Crippen molar-refractivity contribution in [1.29, 1.82) is 0 Å². The van der Waals surface area contributed by atoms with Crippen LogP contribution in [-0.2, 0) is 6.54 Å². The predicted octanol–water partition coefficient (Wildman–Crippen LogP) is 0.931. The van der Waals surface area contributed by atoms with E-state index in [1.807, 2.05) is 18.2 Å². The topological polar surface area (TPSA) is 86.7 Å². The number of nitrogens with one attached hydrogen (secondary N) is 3. The monoisotopic (exact) mass is 248 g/mol. The number of hydrogen-bond acceptors (Lipinski definition) is 3. The second kappa shape index (κ2) is 5.84. The van der Waals surface area contributed by atoms with Gasteiger partial charge in [0.25, 0.3) is 0 Å². The van der Waals surface area contributed by atoms with E-state index in [2.05, 4.69) is 22.2 Å². The molecule has 0 saturated heterocycles. The highest BCUT2D eigenvalue weighted by Crippen LogP contribution is 2.10. The Balaban J connectivity index is 1.97. The van der Waals surface area contributed by atoms with Gasteiger partial charge in [-0.2, -0.15) is 0 Å². The molecule has 5 N–H and O–H groups in total. The van der Waals surface area contributed by atoms with E-state index in [-0.39, 0.29) is 5.69 Å². The number of hydrogen-bond donors (Lipinski definition) is 4. The molecule has 1 heterocycles. The zero-order chi connectivity index (χ0) is 13.0. The van der Waals surface area contributed by atoms with Crippen LogP contribution in [0.4, 0.5) is 0 Å². The maximum absolute atomic E-state index is 11.1. The van der Waals surface area contributed by atoms with Crippen LogP contribution in [0, 0.1) is 5.92 Å². The van der Waals surface area contributed by atoms with Crippen LogP contribution in [0.3, 0.4) is 0 Å². The van der Waals surface area contributed by atoms with Crippen molar-refractivity contribution in [3.8, 4) is 0 Å². The first-order valence-electron chi connectivity index (χ1n) is 6.34. The molecule has 1 aromatic heterocycles. The molecule has 0 aliphatic rings. The number of rotatable bonds is 6. The van der Waals surface area contributed by atoms with Gasteiger partial charge in [0, 0.05) is 6.54 Å². The summed E-state index contributed by atoms with van der Waals surface area (Å²) >= 11 is 0. The molecule has 0 fully saturated rings. The lowest BCUT2D eigenvalue weighted by Crippen LogP contribution is -2.27. The average Bonchev–Trinajstić information content (AvgIpc) is 2.74. The summed E-state index contributed by atoms with van der Waals surface area (Å²) in [6.07, 6.45) is 1.09. The molecule has 18 heavy (non-hydrogen) atoms. The summed E-state index contributed by atoms with van der Waals surface area (Å²) in [6, 6.07) is 5.93. The molecule has 0 bridgehead atoms. The van der Waals surface area contributed by atoms with Crippen LogP contribution >= 0.6 is 0 Å². The predicted molar refractivity (Wildman–Crippen MR) is 73.5 cm³/mol. The number of imidazole rings is 1. The first-order chi connectivity index (χ1) is 8.72. The molecule has 5 heteroatoms. The van der Waals surface area contributed by atoms with Crippen molar-refractivity contribution in [1.82, 2.24) is 15.3 Å². The van der Waals surface area contributed by atoms with Gasteiger partial charge in [-0.3, -0.25) is 0 Å². The third kappa shape index (κ3) is 3.00. The molecule has 2 rings (SSSR count). The molecule has 5 nitrogen and oxygen atoms in total. The molecular weight excluding hydrogens is 228 g/mol. The van der Waals surface area contributed by atoms with Crippen LogP contribution in [0.1, 0.15) is 18.9 Å². The van der Waals surface area contributed by atoms with Gasteiger partial charge >= 0.3 is 5.69 Å². The van der Waals surface area contributed by atoms with E-state index in [0.717, 1.165) is 36.1 Å². The number of benzene rings is 1. The molecule has 0 aliphatic heterocycles. The van der Waals surface area contributed by atoms with Crippen molar-refractivity contribution in [2.45, 2.75) is 19.9 Å². The highest BCUT2D eigenvalue weighted by molar-refractivity contribution is 5.74. The number of fused-ring (bicyclic) bond motifs is 1. The third-order valence-corrected chi connectivity index (χ3v) is 3.25. The van der Waals surface area contributed by atoms with Crippen LogP contribution < -0.4 is 16.7 Å². The van der Waals surface area contributed by atoms with E-state index in [1.165, 1.54) is 0 Å². The summed E-state index contributed by atoms with van der Waals surface area (Å²) in [6.45, 7) is 4.58. The molecule has 0 spiro atoms. The molecule has 98 valence electrons. The Labute approximate surface area is 106 Å². The van der Waals surface area contributed by atoms with E-state index >= 15 is 0 Å². The molecule has 0 radical (unpaired) electrons. The molecule has 0 amide bonds. The van der Waals surface area contributed by atoms with Crippen molar-refractivity contribution in [3.05, 3.63) is 34.2 Å². The van der Waals surface area contributed by atoms with Crippen molar-refractivity contribution in [3.63, 3.8) is 0 Å². The van der Waals surface area contributed by atoms with Crippen molar-refractivity contribution in [2.75, 3.05) is 13.1 Å². The molecule has 0 saturated carbocycles. The number of aromatic amines is 2. The Morgan fingerprint density at radius 1 is 1.33 bits per heavy atom. The zero-order valence-electron chi connectivity index (χ0n) is 10.6. The quantitative estimate of drug-likeness (QED) is 0.613. The van der Waals surface area contributed by atoms with E-state index in [9.17, 15) is 4.79 Å². The fourth-order valence-electron chi connectivity index (χ4n) is 2.00. The lowest BCUT2D eigenvalue weighted by molar-refractivity contribution is 0.471. The van der Waals surface area contributed by atoms with Crippen LogP contribution in [-0.4, -0.2) is 23.1 Å². The van der Waals surface area contributed by atoms with Gasteiger partial charge in [0.1, 0.15) is 0 Å². The van der Waals surface area contributed by atoms with Crippen molar-refractivity contribution >= 4 is 11.0 Å². The summed E-state index contributed by atoms with van der Waals surface area (Å²) < 4.78 is 0. The highest BCUT2D eigenvalue weighted by Gasteiger charge is 2.03. The van der Waals surface area contributed by atoms with Gasteiger partial charge in [-0.25, -0.2) is 4.79 Å². The first kappa shape index (κ1) is 12.9. The van der Waals surface area contributed by atoms with Gasteiger partial charge in [0.15, 0.2) is 0 Å². The van der Waals surface area contributed by atoms with E-state index in [4.69, 9.17) is 5.73 Å². The number of aromatic nitrogens is 2. The standard InChI is InChI=1S/C13H20N4O/c1-2-9(6-14)7-15-8-10-3-4-11-12(5-10)17-13(18)16-11/h3-5,9,15H,2,6-8,14H2,1H3,(H2,16,17,18). The minimum absolute atomic E-state index is 0.163. The van der Waals surface area contributed by atoms with Gasteiger partial charge in [-0.1, -0.05) is 19.4 Å². The minimum atomic E-state index is -0.163. The largest absolute Gasteiger partial charge is 0.330 e. The Morgan fingerprint density at radius 3 is 2.83 bits per heavy atom. The fraction of sp³-hybridized carbons (Fsp3) is 0.462. The second-order valence-corrected chi connectivity index (χ2v) is 4.60. The summed E-state index contributed by atoms with van der Waals surface area (Å²) in [5, 5.41) is 3.39. The molecule has 1 atom stereocenters. The summed E-state index contributed by atoms with van der Waals surface area (Å²) in [4.78, 5) is 16.6. The fourth-order valence-corrected chi connectivity index (χ4v) is 2.00. The van der Waals surface area contributed by atoms with E-state index in [0.29, 0.717) is 12.5 Å². The Bertz CT molecular complexity index is 553. The molecule has 0 aliphatic carbocycles. The zero-order valence-corrected chi connectivity index (χ0v) is 10.6. The van der Waals surface area contributed by atoms with Gasteiger partial charge in [0.05, 0.1) is 11.0 Å². The average molecular weight is 248 g/mol. The number of nitrogens with two attached hydrogens (primary N) is 1. The van der Waals surface area contributed by atoms with Gasteiger partial charge in [-0.05, 0) is 36.7 Å². The van der Waals surface area contributed by atoms with Crippen LogP contribution in [0.25, 0.3) is 11.0 Å². The van der Waals surface area contributed by atoms with Crippen molar-refractivity contribution in [2.24, 2.45) is 11.7 Å². The highest BCUT2D eigenvalue weighted by atomic mass is 16.1. The maximum atomic E-state index is 11.1.